The third-order valence-electron chi connectivity index (χ3n) is 6.40. The van der Waals surface area contributed by atoms with E-state index in [-0.39, 0.29) is 43.6 Å². The molecule has 0 aliphatic carbocycles. The number of hydrogen-bond donors (Lipinski definition) is 0. The summed E-state index contributed by atoms with van der Waals surface area (Å²) in [5.41, 5.74) is -0.227. The van der Waals surface area contributed by atoms with Gasteiger partial charge in [-0.15, -0.1) is 0 Å². The van der Waals surface area contributed by atoms with Gasteiger partial charge in [-0.3, -0.25) is 9.59 Å². The summed E-state index contributed by atoms with van der Waals surface area (Å²) >= 11 is 6.25. The summed E-state index contributed by atoms with van der Waals surface area (Å²) in [5, 5.41) is 0.551. The van der Waals surface area contributed by atoms with E-state index < -0.39 is 5.60 Å². The molecule has 2 aliphatic heterocycles. The molecular weight excluding hydrogens is 459 g/mol. The van der Waals surface area contributed by atoms with Gasteiger partial charge in [0.1, 0.15) is 23.8 Å². The first-order chi connectivity index (χ1) is 16.4. The fourth-order valence-corrected chi connectivity index (χ4v) is 4.70. The van der Waals surface area contributed by atoms with Gasteiger partial charge in [0, 0.05) is 24.7 Å². The van der Waals surface area contributed by atoms with Crippen molar-refractivity contribution in [3.8, 4) is 5.75 Å². The van der Waals surface area contributed by atoms with Crippen LogP contribution in [0.5, 0.6) is 5.75 Å². The maximum Gasteiger partial charge on any atom is 0.227 e. The zero-order chi connectivity index (χ0) is 24.0. The van der Waals surface area contributed by atoms with Gasteiger partial charge in [-0.05, 0) is 55.2 Å². The van der Waals surface area contributed by atoms with Crippen LogP contribution in [0.1, 0.15) is 31.2 Å². The normalized spacial score (nSPS) is 20.8. The SMILES string of the molecule is O=C(CC1(COc2ccc(F)cc2)CN(C(=O)Cc2ccccc2Cl)CCO1)N1CCCCC1. The Kier molecular flexibility index (Phi) is 8.06. The number of halogens is 2. The minimum absolute atomic E-state index is 0.00260. The van der Waals surface area contributed by atoms with Crippen LogP contribution < -0.4 is 4.74 Å². The smallest absolute Gasteiger partial charge is 0.227 e. The van der Waals surface area contributed by atoms with Gasteiger partial charge in [0.25, 0.3) is 0 Å². The molecule has 0 aromatic heterocycles. The third kappa shape index (κ3) is 6.27. The summed E-state index contributed by atoms with van der Waals surface area (Å²) in [6, 6.07) is 13.0. The Labute approximate surface area is 204 Å². The van der Waals surface area contributed by atoms with Crippen LogP contribution in [0, 0.1) is 5.82 Å². The average Bonchev–Trinajstić information content (AvgIpc) is 2.86. The van der Waals surface area contributed by atoms with Gasteiger partial charge >= 0.3 is 0 Å². The van der Waals surface area contributed by atoms with Crippen LogP contribution in [0.15, 0.2) is 48.5 Å². The lowest BCUT2D eigenvalue weighted by atomic mass is 9.95. The molecule has 1 unspecified atom stereocenters. The predicted molar refractivity (Wildman–Crippen MR) is 127 cm³/mol. The molecule has 182 valence electrons. The summed E-state index contributed by atoms with van der Waals surface area (Å²) < 4.78 is 25.4. The second-order valence-corrected chi connectivity index (χ2v) is 9.38. The van der Waals surface area contributed by atoms with Crippen molar-refractivity contribution in [1.29, 1.82) is 0 Å². The van der Waals surface area contributed by atoms with E-state index in [0.717, 1.165) is 37.9 Å². The highest BCUT2D eigenvalue weighted by molar-refractivity contribution is 6.31. The zero-order valence-electron chi connectivity index (χ0n) is 19.2. The third-order valence-corrected chi connectivity index (χ3v) is 6.77. The van der Waals surface area contributed by atoms with Gasteiger partial charge in [0.2, 0.25) is 11.8 Å². The fraction of sp³-hybridized carbons (Fsp3) is 0.462. The summed E-state index contributed by atoms with van der Waals surface area (Å²) in [5.74, 6) is 0.0534. The van der Waals surface area contributed by atoms with Gasteiger partial charge in [0.15, 0.2) is 0 Å². The summed E-state index contributed by atoms with van der Waals surface area (Å²) in [6.45, 7) is 2.52. The average molecular weight is 489 g/mol. The van der Waals surface area contributed by atoms with Crippen LogP contribution >= 0.6 is 11.6 Å². The molecule has 34 heavy (non-hydrogen) atoms. The molecule has 2 aromatic rings. The lowest BCUT2D eigenvalue weighted by Crippen LogP contribution is -2.58. The molecular formula is C26H30ClFN2O4. The summed E-state index contributed by atoms with van der Waals surface area (Å²) in [4.78, 5) is 29.9. The number of carbonyl (C=O) groups excluding carboxylic acids is 2. The number of amides is 2. The van der Waals surface area contributed by atoms with E-state index in [2.05, 4.69) is 0 Å². The summed E-state index contributed by atoms with van der Waals surface area (Å²) in [7, 11) is 0. The highest BCUT2D eigenvalue weighted by atomic mass is 35.5. The molecule has 0 spiro atoms. The number of likely N-dealkylation sites (tertiary alicyclic amines) is 1. The number of benzene rings is 2. The first-order valence-corrected chi connectivity index (χ1v) is 12.1. The molecule has 0 bridgehead atoms. The molecule has 2 aromatic carbocycles. The van der Waals surface area contributed by atoms with Crippen molar-refractivity contribution in [2.45, 2.75) is 37.7 Å². The van der Waals surface area contributed by atoms with Crippen LogP contribution in [-0.2, 0) is 20.7 Å². The standard InChI is InChI=1S/C26H30ClFN2O4/c27-23-7-3-2-6-20(23)16-24(31)30-14-15-34-26(18-30,17-25(32)29-12-4-1-5-13-29)19-33-22-10-8-21(28)9-11-22/h2-3,6-11H,1,4-5,12-19H2. The van der Waals surface area contributed by atoms with Crippen molar-refractivity contribution in [3.05, 3.63) is 64.9 Å². The first-order valence-electron chi connectivity index (χ1n) is 11.8. The molecule has 1 atom stereocenters. The van der Waals surface area contributed by atoms with E-state index in [1.54, 1.807) is 23.1 Å². The fourth-order valence-electron chi connectivity index (χ4n) is 4.50. The Morgan fingerprint density at radius 1 is 0.971 bits per heavy atom. The van der Waals surface area contributed by atoms with Crippen molar-refractivity contribution in [3.63, 3.8) is 0 Å². The van der Waals surface area contributed by atoms with E-state index in [4.69, 9.17) is 21.1 Å². The van der Waals surface area contributed by atoms with E-state index >= 15 is 0 Å². The Morgan fingerprint density at radius 3 is 2.44 bits per heavy atom. The highest BCUT2D eigenvalue weighted by Crippen LogP contribution is 2.27. The second-order valence-electron chi connectivity index (χ2n) is 8.98. The number of carbonyl (C=O) groups is 2. The highest BCUT2D eigenvalue weighted by Gasteiger charge is 2.42. The van der Waals surface area contributed by atoms with Crippen molar-refractivity contribution in [1.82, 2.24) is 9.80 Å². The quantitative estimate of drug-likeness (QED) is 0.588. The van der Waals surface area contributed by atoms with Gasteiger partial charge in [0.05, 0.1) is 26.0 Å². The van der Waals surface area contributed by atoms with Crippen molar-refractivity contribution in [2.75, 3.05) is 39.4 Å². The minimum atomic E-state index is -0.989. The zero-order valence-corrected chi connectivity index (χ0v) is 19.9. The van der Waals surface area contributed by atoms with E-state index in [1.165, 1.54) is 12.1 Å². The molecule has 2 amide bonds. The lowest BCUT2D eigenvalue weighted by Gasteiger charge is -2.43. The van der Waals surface area contributed by atoms with Crippen molar-refractivity contribution in [2.24, 2.45) is 0 Å². The molecule has 2 saturated heterocycles. The van der Waals surface area contributed by atoms with Gasteiger partial charge < -0.3 is 19.3 Å². The van der Waals surface area contributed by atoms with Crippen LogP contribution in [0.25, 0.3) is 0 Å². The lowest BCUT2D eigenvalue weighted by molar-refractivity contribution is -0.166. The number of hydrogen-bond acceptors (Lipinski definition) is 4. The van der Waals surface area contributed by atoms with E-state index in [9.17, 15) is 14.0 Å². The van der Waals surface area contributed by atoms with Gasteiger partial charge in [-0.1, -0.05) is 29.8 Å². The molecule has 0 N–H and O–H groups in total. The van der Waals surface area contributed by atoms with Gasteiger partial charge in [-0.2, -0.15) is 0 Å². The number of nitrogens with zero attached hydrogens (tertiary/aromatic N) is 2. The minimum Gasteiger partial charge on any atom is -0.490 e. The van der Waals surface area contributed by atoms with Crippen LogP contribution in [0.4, 0.5) is 4.39 Å². The molecule has 0 radical (unpaired) electrons. The molecule has 2 aliphatic rings. The molecule has 0 saturated carbocycles. The summed E-state index contributed by atoms with van der Waals surface area (Å²) in [6.07, 6.45) is 3.41. The second kappa shape index (κ2) is 11.2. The Balaban J connectivity index is 1.49. The molecule has 8 heteroatoms. The molecule has 2 fully saturated rings. The molecule has 6 nitrogen and oxygen atoms in total. The molecule has 2 heterocycles. The van der Waals surface area contributed by atoms with Crippen molar-refractivity contribution >= 4 is 23.4 Å². The predicted octanol–water partition coefficient (Wildman–Crippen LogP) is 4.10. The topological polar surface area (TPSA) is 59.1 Å². The Hall–Kier alpha value is -2.64. The Bertz CT molecular complexity index is 997. The van der Waals surface area contributed by atoms with Crippen LogP contribution in [0.3, 0.4) is 0 Å². The van der Waals surface area contributed by atoms with Crippen LogP contribution in [-0.4, -0.2) is 66.6 Å². The monoisotopic (exact) mass is 488 g/mol. The number of ether oxygens (including phenoxy) is 2. The number of morpholine rings is 1. The van der Waals surface area contributed by atoms with E-state index in [1.807, 2.05) is 23.1 Å². The molecule has 4 rings (SSSR count). The van der Waals surface area contributed by atoms with Crippen molar-refractivity contribution < 1.29 is 23.5 Å². The maximum atomic E-state index is 13.3. The first kappa shape index (κ1) is 24.5. The number of piperidine rings is 1. The Morgan fingerprint density at radius 2 is 1.71 bits per heavy atom. The largest absolute Gasteiger partial charge is 0.490 e. The number of rotatable bonds is 7. The van der Waals surface area contributed by atoms with Crippen LogP contribution in [0.2, 0.25) is 5.02 Å². The maximum absolute atomic E-state index is 13.3. The van der Waals surface area contributed by atoms with E-state index in [0.29, 0.717) is 23.9 Å². The van der Waals surface area contributed by atoms with Gasteiger partial charge in [-0.25, -0.2) is 4.39 Å².